The minimum absolute atomic E-state index is 0.104. The first-order valence-electron chi connectivity index (χ1n) is 8.00. The lowest BCUT2D eigenvalue weighted by molar-refractivity contribution is -0.121. The van der Waals surface area contributed by atoms with Crippen LogP contribution in [0.25, 0.3) is 0 Å². The van der Waals surface area contributed by atoms with Crippen molar-refractivity contribution in [2.24, 2.45) is 0 Å². The second-order valence-electron chi connectivity index (χ2n) is 5.97. The molecule has 24 heavy (non-hydrogen) atoms. The molecule has 3 rings (SSSR count). The Balaban J connectivity index is 1.64. The molecule has 1 saturated heterocycles. The summed E-state index contributed by atoms with van der Waals surface area (Å²) < 4.78 is 21.2. The van der Waals surface area contributed by atoms with Gasteiger partial charge in [0.15, 0.2) is 0 Å². The van der Waals surface area contributed by atoms with Crippen molar-refractivity contribution in [3.63, 3.8) is 0 Å². The molecule has 2 aromatic rings. The van der Waals surface area contributed by atoms with Gasteiger partial charge in [0.1, 0.15) is 12.1 Å². The van der Waals surface area contributed by atoms with Gasteiger partial charge in [0.25, 0.3) is 0 Å². The fourth-order valence-electron chi connectivity index (χ4n) is 3.05. The third kappa shape index (κ3) is 3.76. The number of halogens is 1. The van der Waals surface area contributed by atoms with Crippen molar-refractivity contribution >= 4 is 5.91 Å². The average Bonchev–Trinajstić information content (AvgIpc) is 3.13. The van der Waals surface area contributed by atoms with Crippen LogP contribution < -0.4 is 5.32 Å². The number of aromatic nitrogens is 4. The molecule has 128 valence electrons. The topological polar surface area (TPSA) is 81.9 Å². The summed E-state index contributed by atoms with van der Waals surface area (Å²) in [4.78, 5) is 12.1. The normalized spacial score (nSPS) is 16.7. The summed E-state index contributed by atoms with van der Waals surface area (Å²) in [6, 6.07) is 6.77. The number of carbonyl (C=O) groups excluding carboxylic acids is 1. The molecule has 1 amide bonds. The van der Waals surface area contributed by atoms with Crippen molar-refractivity contribution in [2.45, 2.75) is 31.2 Å². The number of hydrogen-bond donors (Lipinski definition) is 1. The van der Waals surface area contributed by atoms with Gasteiger partial charge < -0.3 is 10.1 Å². The molecule has 1 fully saturated rings. The van der Waals surface area contributed by atoms with Crippen LogP contribution in [0.2, 0.25) is 0 Å². The minimum atomic E-state index is -0.423. The van der Waals surface area contributed by atoms with Gasteiger partial charge in [-0.25, -0.2) is 9.07 Å². The second kappa shape index (κ2) is 7.48. The standard InChI is InChI=1S/C16H20FN5O2/c17-14-4-2-1-3-13(14)16(6-9-24-10-7-16)11-18-15(23)5-8-22-12-19-20-21-22/h1-4,12H,5-11H2,(H,18,23). The number of rotatable bonds is 6. The fraction of sp³-hybridized carbons (Fsp3) is 0.500. The molecule has 0 spiro atoms. The Bertz CT molecular complexity index is 671. The maximum atomic E-state index is 14.3. The molecule has 2 heterocycles. The summed E-state index contributed by atoms with van der Waals surface area (Å²) in [5, 5.41) is 13.7. The van der Waals surface area contributed by atoms with E-state index in [9.17, 15) is 9.18 Å². The van der Waals surface area contributed by atoms with Gasteiger partial charge in [-0.1, -0.05) is 18.2 Å². The van der Waals surface area contributed by atoms with Crippen LogP contribution in [0.4, 0.5) is 4.39 Å². The Labute approximate surface area is 139 Å². The Kier molecular flexibility index (Phi) is 5.14. The van der Waals surface area contributed by atoms with Gasteiger partial charge in [0.2, 0.25) is 5.91 Å². The van der Waals surface area contributed by atoms with E-state index >= 15 is 0 Å². The van der Waals surface area contributed by atoms with Crippen LogP contribution in [-0.2, 0) is 21.5 Å². The number of tetrazole rings is 1. The number of hydrogen-bond acceptors (Lipinski definition) is 5. The van der Waals surface area contributed by atoms with E-state index in [1.807, 2.05) is 6.07 Å². The first-order chi connectivity index (χ1) is 11.7. The molecule has 1 aromatic carbocycles. The van der Waals surface area contributed by atoms with E-state index in [0.29, 0.717) is 44.7 Å². The van der Waals surface area contributed by atoms with Gasteiger partial charge in [-0.3, -0.25) is 4.79 Å². The van der Waals surface area contributed by atoms with E-state index in [4.69, 9.17) is 4.74 Å². The van der Waals surface area contributed by atoms with Gasteiger partial charge in [0, 0.05) is 31.6 Å². The van der Waals surface area contributed by atoms with Gasteiger partial charge in [-0.2, -0.15) is 0 Å². The van der Waals surface area contributed by atoms with Crippen LogP contribution in [-0.4, -0.2) is 45.9 Å². The number of benzene rings is 1. The number of ether oxygens (including phenoxy) is 1. The highest BCUT2D eigenvalue weighted by atomic mass is 19.1. The molecular weight excluding hydrogens is 313 g/mol. The van der Waals surface area contributed by atoms with Crippen LogP contribution in [0.15, 0.2) is 30.6 Å². The molecule has 1 aromatic heterocycles. The molecule has 1 N–H and O–H groups in total. The highest BCUT2D eigenvalue weighted by Crippen LogP contribution is 2.35. The maximum Gasteiger partial charge on any atom is 0.221 e. The van der Waals surface area contributed by atoms with Crippen molar-refractivity contribution in [3.05, 3.63) is 42.0 Å². The van der Waals surface area contributed by atoms with Crippen LogP contribution >= 0.6 is 0 Å². The third-order valence-electron chi connectivity index (χ3n) is 4.48. The summed E-state index contributed by atoms with van der Waals surface area (Å²) in [6.07, 6.45) is 3.10. The lowest BCUT2D eigenvalue weighted by Crippen LogP contribution is -2.45. The van der Waals surface area contributed by atoms with Crippen molar-refractivity contribution < 1.29 is 13.9 Å². The molecule has 1 aliphatic heterocycles. The summed E-state index contributed by atoms with van der Waals surface area (Å²) in [6.45, 7) is 1.93. The Morgan fingerprint density at radius 1 is 1.33 bits per heavy atom. The van der Waals surface area contributed by atoms with Crippen molar-refractivity contribution in [1.82, 2.24) is 25.5 Å². The molecule has 0 aliphatic carbocycles. The second-order valence-corrected chi connectivity index (χ2v) is 5.97. The van der Waals surface area contributed by atoms with Crippen molar-refractivity contribution in [1.29, 1.82) is 0 Å². The summed E-state index contributed by atoms with van der Waals surface area (Å²) in [5.41, 5.74) is 0.225. The summed E-state index contributed by atoms with van der Waals surface area (Å²) in [5.74, 6) is -0.338. The minimum Gasteiger partial charge on any atom is -0.381 e. The predicted octanol–water partition coefficient (Wildman–Crippen LogP) is 1.07. The quantitative estimate of drug-likeness (QED) is 0.855. The van der Waals surface area contributed by atoms with Crippen molar-refractivity contribution in [3.8, 4) is 0 Å². The van der Waals surface area contributed by atoms with Crippen LogP contribution in [0, 0.1) is 5.82 Å². The van der Waals surface area contributed by atoms with E-state index in [-0.39, 0.29) is 18.1 Å². The number of amides is 1. The Morgan fingerprint density at radius 3 is 2.83 bits per heavy atom. The molecule has 0 bridgehead atoms. The maximum absolute atomic E-state index is 14.3. The lowest BCUT2D eigenvalue weighted by atomic mass is 9.74. The third-order valence-corrected chi connectivity index (χ3v) is 4.48. The smallest absolute Gasteiger partial charge is 0.221 e. The predicted molar refractivity (Wildman–Crippen MR) is 83.6 cm³/mol. The van der Waals surface area contributed by atoms with Crippen molar-refractivity contribution in [2.75, 3.05) is 19.8 Å². The lowest BCUT2D eigenvalue weighted by Gasteiger charge is -2.38. The van der Waals surface area contributed by atoms with E-state index < -0.39 is 5.41 Å². The zero-order chi connectivity index (χ0) is 16.8. The molecular formula is C16H20FN5O2. The fourth-order valence-corrected chi connectivity index (χ4v) is 3.05. The molecule has 0 radical (unpaired) electrons. The Hall–Kier alpha value is -2.35. The van der Waals surface area contributed by atoms with Crippen LogP contribution in [0.1, 0.15) is 24.8 Å². The molecule has 7 nitrogen and oxygen atoms in total. The highest BCUT2D eigenvalue weighted by Gasteiger charge is 2.36. The first-order valence-corrected chi connectivity index (χ1v) is 8.00. The molecule has 0 unspecified atom stereocenters. The van der Waals surface area contributed by atoms with E-state index in [0.717, 1.165) is 0 Å². The summed E-state index contributed by atoms with van der Waals surface area (Å²) in [7, 11) is 0. The van der Waals surface area contributed by atoms with E-state index in [1.165, 1.54) is 17.1 Å². The molecule has 1 aliphatic rings. The average molecular weight is 333 g/mol. The van der Waals surface area contributed by atoms with E-state index in [1.54, 1.807) is 12.1 Å². The number of nitrogens with one attached hydrogen (secondary N) is 1. The Morgan fingerprint density at radius 2 is 2.12 bits per heavy atom. The monoisotopic (exact) mass is 333 g/mol. The number of aryl methyl sites for hydroxylation is 1. The van der Waals surface area contributed by atoms with Gasteiger partial charge >= 0.3 is 0 Å². The van der Waals surface area contributed by atoms with Gasteiger partial charge in [-0.05, 0) is 34.9 Å². The summed E-state index contributed by atoms with van der Waals surface area (Å²) >= 11 is 0. The largest absolute Gasteiger partial charge is 0.381 e. The zero-order valence-electron chi connectivity index (χ0n) is 13.3. The molecule has 0 saturated carbocycles. The number of carbonyl (C=O) groups is 1. The zero-order valence-corrected chi connectivity index (χ0v) is 13.3. The number of nitrogens with zero attached hydrogens (tertiary/aromatic N) is 4. The highest BCUT2D eigenvalue weighted by molar-refractivity contribution is 5.75. The van der Waals surface area contributed by atoms with Crippen LogP contribution in [0.5, 0.6) is 0 Å². The first kappa shape index (κ1) is 16.5. The van der Waals surface area contributed by atoms with E-state index in [2.05, 4.69) is 20.8 Å². The van der Waals surface area contributed by atoms with Crippen LogP contribution in [0.3, 0.4) is 0 Å². The van der Waals surface area contributed by atoms with Gasteiger partial charge in [0.05, 0.1) is 6.54 Å². The SMILES string of the molecule is O=C(CCn1cnnn1)NCC1(c2ccccc2F)CCOCC1. The van der Waals surface area contributed by atoms with Gasteiger partial charge in [-0.15, -0.1) is 5.10 Å². The molecule has 0 atom stereocenters. The molecule has 8 heteroatoms.